The summed E-state index contributed by atoms with van der Waals surface area (Å²) in [6.07, 6.45) is 1.38. The molecular weight excluding hydrogens is 270 g/mol. The zero-order valence-electron chi connectivity index (χ0n) is 12.7. The summed E-state index contributed by atoms with van der Waals surface area (Å²) in [5, 5.41) is 8.77. The number of ether oxygens (including phenoxy) is 1. The summed E-state index contributed by atoms with van der Waals surface area (Å²) in [5.41, 5.74) is -0.472. The van der Waals surface area contributed by atoms with Gasteiger partial charge in [0.05, 0.1) is 18.8 Å². The van der Waals surface area contributed by atoms with Gasteiger partial charge in [0.25, 0.3) is 0 Å². The van der Waals surface area contributed by atoms with Gasteiger partial charge in [-0.2, -0.15) is 5.26 Å². The molecule has 1 unspecified atom stereocenters. The van der Waals surface area contributed by atoms with E-state index >= 15 is 0 Å². The van der Waals surface area contributed by atoms with Crippen molar-refractivity contribution in [2.75, 3.05) is 32.7 Å². The molecule has 0 aromatic carbocycles. The Labute approximate surface area is 124 Å². The summed E-state index contributed by atoms with van der Waals surface area (Å²) in [4.78, 5) is 24.3. The average Bonchev–Trinajstić information content (AvgIpc) is 2.46. The molecule has 0 aromatic rings. The molecule has 114 valence electrons. The number of hydrogen-bond acceptors (Lipinski definition) is 6. The molecule has 21 heavy (non-hydrogen) atoms. The second kappa shape index (κ2) is 6.12. The first-order valence-electron chi connectivity index (χ1n) is 7.09. The number of nitrogens with zero attached hydrogens (tertiary/aromatic N) is 5. The third-order valence-corrected chi connectivity index (χ3v) is 3.20. The highest BCUT2D eigenvalue weighted by Crippen LogP contribution is 2.12. The molecule has 7 nitrogen and oxygen atoms in total. The molecule has 0 spiro atoms. The van der Waals surface area contributed by atoms with Crippen LogP contribution in [0.25, 0.3) is 0 Å². The lowest BCUT2D eigenvalue weighted by Gasteiger charge is -2.36. The molecule has 2 rings (SSSR count). The highest BCUT2D eigenvalue weighted by atomic mass is 16.6. The van der Waals surface area contributed by atoms with E-state index in [2.05, 4.69) is 21.0 Å². The maximum atomic E-state index is 12.0. The summed E-state index contributed by atoms with van der Waals surface area (Å²) < 4.78 is 5.36. The number of amides is 1. The minimum Gasteiger partial charge on any atom is -0.444 e. The summed E-state index contributed by atoms with van der Waals surface area (Å²) in [5.74, 6) is 0.797. The standard InChI is InChI=1S/C14H21N5O2/c1-14(2,3)21-13(20)19-6-4-18(5-7-19)12-10-16-11(8-15)9-17-12/h10-11H,4-7,9H2,1-3H3. The fraction of sp³-hybridized carbons (Fsp3) is 0.714. The van der Waals surface area contributed by atoms with Gasteiger partial charge < -0.3 is 14.5 Å². The quantitative estimate of drug-likeness (QED) is 0.664. The number of rotatable bonds is 0. The number of hydrogen-bond donors (Lipinski definition) is 0. The maximum absolute atomic E-state index is 12.0. The normalized spacial score (nSPS) is 22.6. The Morgan fingerprint density at radius 1 is 1.38 bits per heavy atom. The third-order valence-electron chi connectivity index (χ3n) is 3.20. The lowest BCUT2D eigenvalue weighted by atomic mass is 10.2. The molecule has 1 fully saturated rings. The molecule has 0 saturated carbocycles. The van der Waals surface area contributed by atoms with Crippen LogP contribution >= 0.6 is 0 Å². The molecule has 0 N–H and O–H groups in total. The van der Waals surface area contributed by atoms with Crippen molar-refractivity contribution in [3.63, 3.8) is 0 Å². The van der Waals surface area contributed by atoms with Gasteiger partial charge in [0.2, 0.25) is 0 Å². The SMILES string of the molecule is CC(C)(C)OC(=O)N1CCN(C2=NCC(C#N)N=C2)CC1. The highest BCUT2D eigenvalue weighted by Gasteiger charge is 2.27. The monoisotopic (exact) mass is 291 g/mol. The van der Waals surface area contributed by atoms with Gasteiger partial charge in [0, 0.05) is 26.2 Å². The summed E-state index contributed by atoms with van der Waals surface area (Å²) >= 11 is 0. The molecule has 1 saturated heterocycles. The van der Waals surface area contributed by atoms with E-state index in [9.17, 15) is 4.79 Å². The van der Waals surface area contributed by atoms with Gasteiger partial charge in [-0.25, -0.2) is 4.79 Å². The van der Waals surface area contributed by atoms with Crippen molar-refractivity contribution < 1.29 is 9.53 Å². The first-order valence-corrected chi connectivity index (χ1v) is 7.09. The molecule has 0 radical (unpaired) electrons. The fourth-order valence-electron chi connectivity index (χ4n) is 2.13. The van der Waals surface area contributed by atoms with Gasteiger partial charge in [-0.3, -0.25) is 9.98 Å². The van der Waals surface area contributed by atoms with Crippen LogP contribution in [0, 0.1) is 11.3 Å². The average molecular weight is 291 g/mol. The zero-order valence-corrected chi connectivity index (χ0v) is 12.7. The molecule has 2 heterocycles. The lowest BCUT2D eigenvalue weighted by Crippen LogP contribution is -2.52. The molecule has 0 aliphatic carbocycles. The van der Waals surface area contributed by atoms with Crippen LogP contribution in [0.5, 0.6) is 0 Å². The van der Waals surface area contributed by atoms with E-state index in [4.69, 9.17) is 10.00 Å². The van der Waals surface area contributed by atoms with Crippen molar-refractivity contribution in [1.29, 1.82) is 5.26 Å². The van der Waals surface area contributed by atoms with Gasteiger partial charge in [-0.1, -0.05) is 0 Å². The zero-order chi connectivity index (χ0) is 15.5. The first-order chi connectivity index (χ1) is 9.89. The van der Waals surface area contributed by atoms with Gasteiger partial charge in [0.1, 0.15) is 11.4 Å². The molecular formula is C14H21N5O2. The number of carbonyl (C=O) groups excluding carboxylic acids is 1. The van der Waals surface area contributed by atoms with Crippen LogP contribution in [0.2, 0.25) is 0 Å². The topological polar surface area (TPSA) is 81.3 Å². The van der Waals surface area contributed by atoms with E-state index in [0.29, 0.717) is 32.7 Å². The van der Waals surface area contributed by atoms with Crippen LogP contribution in [-0.2, 0) is 4.74 Å². The van der Waals surface area contributed by atoms with E-state index in [1.807, 2.05) is 20.8 Å². The lowest BCUT2D eigenvalue weighted by molar-refractivity contribution is 0.0188. The van der Waals surface area contributed by atoms with E-state index in [1.165, 1.54) is 0 Å². The Hall–Kier alpha value is -2.10. The van der Waals surface area contributed by atoms with Crippen LogP contribution in [-0.4, -0.2) is 72.3 Å². The number of amidine groups is 1. The fourth-order valence-corrected chi connectivity index (χ4v) is 2.13. The Kier molecular flexibility index (Phi) is 4.46. The van der Waals surface area contributed by atoms with Crippen molar-refractivity contribution in [1.82, 2.24) is 9.80 Å². The Balaban J connectivity index is 1.84. The summed E-state index contributed by atoms with van der Waals surface area (Å²) in [6, 6.07) is 1.71. The van der Waals surface area contributed by atoms with Gasteiger partial charge in [-0.15, -0.1) is 0 Å². The number of nitriles is 1. The predicted octanol–water partition coefficient (Wildman–Crippen LogP) is 0.914. The van der Waals surface area contributed by atoms with Crippen molar-refractivity contribution in [3.05, 3.63) is 0 Å². The van der Waals surface area contributed by atoms with Crippen molar-refractivity contribution >= 4 is 18.1 Å². The van der Waals surface area contributed by atoms with E-state index < -0.39 is 5.60 Å². The van der Waals surface area contributed by atoms with Crippen LogP contribution in [0.3, 0.4) is 0 Å². The predicted molar refractivity (Wildman–Crippen MR) is 79.6 cm³/mol. The smallest absolute Gasteiger partial charge is 0.410 e. The minimum absolute atomic E-state index is 0.272. The molecule has 7 heteroatoms. The third kappa shape index (κ3) is 4.18. The summed E-state index contributed by atoms with van der Waals surface area (Å²) in [6.45, 7) is 8.59. The number of aliphatic imine (C=N–C) groups is 2. The Bertz CT molecular complexity index is 492. The van der Waals surface area contributed by atoms with E-state index in [1.54, 1.807) is 11.1 Å². The van der Waals surface area contributed by atoms with Gasteiger partial charge in [0.15, 0.2) is 6.04 Å². The second-order valence-electron chi connectivity index (χ2n) is 6.08. The Morgan fingerprint density at radius 2 is 2.05 bits per heavy atom. The minimum atomic E-state index is -0.472. The first kappa shape index (κ1) is 15.3. The van der Waals surface area contributed by atoms with Crippen LogP contribution < -0.4 is 0 Å². The molecule has 1 atom stereocenters. The molecule has 0 aromatic heterocycles. The number of piperazine rings is 1. The second-order valence-corrected chi connectivity index (χ2v) is 6.08. The van der Waals surface area contributed by atoms with Crippen LogP contribution in [0.4, 0.5) is 4.79 Å². The van der Waals surface area contributed by atoms with Crippen molar-refractivity contribution in [3.8, 4) is 6.07 Å². The van der Waals surface area contributed by atoms with Crippen molar-refractivity contribution in [2.45, 2.75) is 32.4 Å². The summed E-state index contributed by atoms with van der Waals surface area (Å²) in [7, 11) is 0. The highest BCUT2D eigenvalue weighted by molar-refractivity contribution is 6.29. The molecule has 0 bridgehead atoms. The van der Waals surface area contributed by atoms with Crippen molar-refractivity contribution in [2.24, 2.45) is 9.98 Å². The molecule has 1 amide bonds. The number of carbonyl (C=O) groups is 1. The van der Waals surface area contributed by atoms with Crippen LogP contribution in [0.1, 0.15) is 20.8 Å². The van der Waals surface area contributed by atoms with Gasteiger partial charge >= 0.3 is 6.09 Å². The molecule has 2 aliphatic heterocycles. The van der Waals surface area contributed by atoms with Crippen LogP contribution in [0.15, 0.2) is 9.98 Å². The van der Waals surface area contributed by atoms with Gasteiger partial charge in [-0.05, 0) is 20.8 Å². The largest absolute Gasteiger partial charge is 0.444 e. The molecule has 2 aliphatic rings. The van der Waals surface area contributed by atoms with E-state index in [0.717, 1.165) is 5.84 Å². The van der Waals surface area contributed by atoms with E-state index in [-0.39, 0.29) is 12.1 Å². The Morgan fingerprint density at radius 3 is 2.52 bits per heavy atom. The maximum Gasteiger partial charge on any atom is 0.410 e.